The number of hydrogen-bond donors (Lipinski definition) is 1. The maximum Gasteiger partial charge on any atom is 0.208 e. The van der Waals surface area contributed by atoms with Crippen molar-refractivity contribution in [2.75, 3.05) is 0 Å². The topological polar surface area (TPSA) is 20.2 Å². The fourth-order valence-corrected chi connectivity index (χ4v) is 4.94. The SMILES string of the molecule is Cc1cc(C)cc([S+](c2ccccc2)c2ccccc2O)c1. The third-order valence-electron chi connectivity index (χ3n) is 3.49. The second-order valence-electron chi connectivity index (χ2n) is 5.41. The van der Waals surface area contributed by atoms with Crippen molar-refractivity contribution in [2.24, 2.45) is 0 Å². The van der Waals surface area contributed by atoms with Gasteiger partial charge in [-0.3, -0.25) is 0 Å². The van der Waals surface area contributed by atoms with E-state index in [1.165, 1.54) is 20.9 Å². The van der Waals surface area contributed by atoms with Gasteiger partial charge in [0.1, 0.15) is 10.9 Å². The van der Waals surface area contributed by atoms with Crippen LogP contribution in [0, 0.1) is 13.8 Å². The highest BCUT2D eigenvalue weighted by Crippen LogP contribution is 2.36. The number of phenols is 1. The molecule has 1 unspecified atom stereocenters. The molecule has 110 valence electrons. The number of rotatable bonds is 3. The van der Waals surface area contributed by atoms with Gasteiger partial charge in [0.2, 0.25) is 4.90 Å². The fraction of sp³-hybridized carbons (Fsp3) is 0.100. The molecule has 0 aliphatic rings. The van der Waals surface area contributed by atoms with Crippen LogP contribution in [-0.2, 0) is 10.9 Å². The molecule has 1 atom stereocenters. The van der Waals surface area contributed by atoms with Crippen LogP contribution in [0.3, 0.4) is 0 Å². The summed E-state index contributed by atoms with van der Waals surface area (Å²) in [7, 11) is -0.297. The Morgan fingerprint density at radius 1 is 0.682 bits per heavy atom. The Morgan fingerprint density at radius 3 is 1.91 bits per heavy atom. The van der Waals surface area contributed by atoms with E-state index in [0.717, 1.165) is 4.90 Å². The first-order valence-electron chi connectivity index (χ1n) is 7.31. The first kappa shape index (κ1) is 14.7. The zero-order valence-electron chi connectivity index (χ0n) is 12.8. The highest BCUT2D eigenvalue weighted by atomic mass is 32.2. The maximum atomic E-state index is 10.3. The van der Waals surface area contributed by atoms with Gasteiger partial charge in [0.25, 0.3) is 0 Å². The summed E-state index contributed by atoms with van der Waals surface area (Å²) >= 11 is 0. The standard InChI is InChI=1S/C20H18OS/c1-15-12-16(2)14-18(13-15)22(17-8-4-3-5-9-17)20-11-7-6-10-19(20)21/h3-14H,1-2H3/p+1. The molecule has 0 saturated carbocycles. The van der Waals surface area contributed by atoms with E-state index in [-0.39, 0.29) is 10.9 Å². The van der Waals surface area contributed by atoms with Crippen LogP contribution in [0.15, 0.2) is 87.5 Å². The lowest BCUT2D eigenvalue weighted by Gasteiger charge is -2.10. The predicted octanol–water partition coefficient (Wildman–Crippen LogP) is 5.10. The van der Waals surface area contributed by atoms with Crippen LogP contribution in [0.25, 0.3) is 0 Å². The van der Waals surface area contributed by atoms with Crippen molar-refractivity contribution in [2.45, 2.75) is 28.5 Å². The van der Waals surface area contributed by atoms with Crippen molar-refractivity contribution in [1.82, 2.24) is 0 Å². The highest BCUT2D eigenvalue weighted by Gasteiger charge is 2.31. The molecule has 22 heavy (non-hydrogen) atoms. The van der Waals surface area contributed by atoms with Crippen LogP contribution in [0.5, 0.6) is 5.75 Å². The molecule has 0 heterocycles. The van der Waals surface area contributed by atoms with Gasteiger partial charge in [-0.25, -0.2) is 0 Å². The lowest BCUT2D eigenvalue weighted by molar-refractivity contribution is 0.462. The highest BCUT2D eigenvalue weighted by molar-refractivity contribution is 7.97. The van der Waals surface area contributed by atoms with Gasteiger partial charge in [-0.15, -0.1) is 0 Å². The third kappa shape index (κ3) is 3.02. The molecule has 0 fully saturated rings. The zero-order chi connectivity index (χ0) is 15.5. The van der Waals surface area contributed by atoms with Gasteiger partial charge in [-0.2, -0.15) is 0 Å². The number of hydrogen-bond acceptors (Lipinski definition) is 1. The molecular formula is C20H19OS+. The molecule has 2 heteroatoms. The Bertz CT molecular complexity index is 760. The minimum absolute atomic E-state index is 0.297. The Morgan fingerprint density at radius 2 is 1.27 bits per heavy atom. The minimum atomic E-state index is -0.297. The van der Waals surface area contributed by atoms with Gasteiger partial charge in [0.05, 0.1) is 0 Å². The molecule has 0 radical (unpaired) electrons. The smallest absolute Gasteiger partial charge is 0.208 e. The third-order valence-corrected chi connectivity index (χ3v) is 5.73. The molecule has 1 nitrogen and oxygen atoms in total. The van der Waals surface area contributed by atoms with Gasteiger partial charge in [-0.05, 0) is 61.4 Å². The van der Waals surface area contributed by atoms with E-state index < -0.39 is 0 Å². The summed E-state index contributed by atoms with van der Waals surface area (Å²) in [5, 5.41) is 10.3. The lowest BCUT2D eigenvalue weighted by atomic mass is 10.2. The molecule has 0 aliphatic heterocycles. The molecule has 0 aromatic heterocycles. The molecule has 0 spiro atoms. The second-order valence-corrected chi connectivity index (χ2v) is 7.41. The summed E-state index contributed by atoms with van der Waals surface area (Å²) < 4.78 is 0. The maximum absolute atomic E-state index is 10.3. The lowest BCUT2D eigenvalue weighted by Crippen LogP contribution is -2.05. The van der Waals surface area contributed by atoms with E-state index in [0.29, 0.717) is 5.75 Å². The van der Waals surface area contributed by atoms with Crippen LogP contribution in [-0.4, -0.2) is 5.11 Å². The van der Waals surface area contributed by atoms with E-state index in [9.17, 15) is 5.11 Å². The van der Waals surface area contributed by atoms with Crippen molar-refractivity contribution in [3.8, 4) is 5.75 Å². The molecule has 3 rings (SSSR count). The van der Waals surface area contributed by atoms with E-state index in [2.05, 4.69) is 56.3 Å². The number of benzene rings is 3. The first-order chi connectivity index (χ1) is 10.6. The Hall–Kier alpha value is -2.19. The van der Waals surface area contributed by atoms with Crippen molar-refractivity contribution < 1.29 is 5.11 Å². The van der Waals surface area contributed by atoms with Crippen molar-refractivity contribution >= 4 is 10.9 Å². The summed E-state index contributed by atoms with van der Waals surface area (Å²) in [6.45, 7) is 4.24. The van der Waals surface area contributed by atoms with E-state index in [1.54, 1.807) is 6.07 Å². The first-order valence-corrected chi connectivity index (χ1v) is 8.53. The van der Waals surface area contributed by atoms with Crippen molar-refractivity contribution in [3.63, 3.8) is 0 Å². The predicted molar refractivity (Wildman–Crippen MR) is 92.6 cm³/mol. The van der Waals surface area contributed by atoms with E-state index in [4.69, 9.17) is 0 Å². The van der Waals surface area contributed by atoms with E-state index in [1.807, 2.05) is 24.3 Å². The molecule has 0 bridgehead atoms. The molecule has 3 aromatic rings. The Labute approximate surface area is 134 Å². The largest absolute Gasteiger partial charge is 0.503 e. The average molecular weight is 307 g/mol. The number of para-hydroxylation sites is 1. The number of aryl methyl sites for hydroxylation is 2. The zero-order valence-corrected chi connectivity index (χ0v) is 13.6. The second kappa shape index (κ2) is 6.29. The van der Waals surface area contributed by atoms with Gasteiger partial charge in [-0.1, -0.05) is 36.4 Å². The molecule has 1 N–H and O–H groups in total. The molecule has 0 amide bonds. The fourth-order valence-electron chi connectivity index (χ4n) is 2.63. The average Bonchev–Trinajstić information content (AvgIpc) is 2.50. The van der Waals surface area contributed by atoms with Gasteiger partial charge >= 0.3 is 0 Å². The Balaban J connectivity index is 2.22. The van der Waals surface area contributed by atoms with Crippen LogP contribution in [0.2, 0.25) is 0 Å². The normalized spacial score (nSPS) is 12.1. The van der Waals surface area contributed by atoms with Crippen LogP contribution in [0.1, 0.15) is 11.1 Å². The summed E-state index contributed by atoms with van der Waals surface area (Å²) in [6, 6.07) is 24.7. The monoisotopic (exact) mass is 307 g/mol. The Kier molecular flexibility index (Phi) is 4.21. The van der Waals surface area contributed by atoms with Crippen LogP contribution >= 0.6 is 0 Å². The number of aromatic hydroxyl groups is 1. The summed E-state index contributed by atoms with van der Waals surface area (Å²) in [5.41, 5.74) is 2.50. The number of phenolic OH excluding ortho intramolecular Hbond substituents is 1. The quantitative estimate of drug-likeness (QED) is 0.667. The summed E-state index contributed by atoms with van der Waals surface area (Å²) in [5.74, 6) is 0.355. The van der Waals surface area contributed by atoms with Gasteiger partial charge in [0.15, 0.2) is 15.5 Å². The van der Waals surface area contributed by atoms with E-state index >= 15 is 0 Å². The molecule has 3 aromatic carbocycles. The van der Waals surface area contributed by atoms with Gasteiger partial charge < -0.3 is 5.11 Å². The van der Waals surface area contributed by atoms with Crippen LogP contribution < -0.4 is 0 Å². The van der Waals surface area contributed by atoms with Crippen LogP contribution in [0.4, 0.5) is 0 Å². The minimum Gasteiger partial charge on any atom is -0.503 e. The van der Waals surface area contributed by atoms with Crippen molar-refractivity contribution in [3.05, 3.63) is 83.9 Å². The molecular weight excluding hydrogens is 288 g/mol. The molecule has 0 aliphatic carbocycles. The summed E-state index contributed by atoms with van der Waals surface area (Å²) in [6.07, 6.45) is 0. The summed E-state index contributed by atoms with van der Waals surface area (Å²) in [4.78, 5) is 3.43. The van der Waals surface area contributed by atoms with Gasteiger partial charge in [0, 0.05) is 0 Å². The van der Waals surface area contributed by atoms with Crippen molar-refractivity contribution in [1.29, 1.82) is 0 Å². The molecule has 0 saturated heterocycles.